The zero-order chi connectivity index (χ0) is 28.4. The molecule has 0 fully saturated rings. The number of carbonyl (C=O) groups excluding carboxylic acids is 3. The number of fused-ring (bicyclic) bond motifs is 1. The number of nitrogens with two attached hydrogens (primary N) is 1. The highest BCUT2D eigenvalue weighted by molar-refractivity contribution is 7.80. The van der Waals surface area contributed by atoms with Crippen LogP contribution in [0, 0.1) is 5.92 Å². The molecule has 5 atom stereocenters. The van der Waals surface area contributed by atoms with Gasteiger partial charge in [-0.15, -0.1) is 0 Å². The maximum absolute atomic E-state index is 13.5. The number of aliphatic carboxylic acids is 2. The highest BCUT2D eigenvalue weighted by atomic mass is 32.1. The van der Waals surface area contributed by atoms with Crippen molar-refractivity contribution in [3.05, 3.63) is 36.0 Å². The molecule has 2 rings (SSSR count). The second-order valence-corrected chi connectivity index (χ2v) is 9.48. The molecule has 8 N–H and O–H groups in total. The van der Waals surface area contributed by atoms with E-state index in [1.165, 1.54) is 0 Å². The Hall–Kier alpha value is -3.58. The van der Waals surface area contributed by atoms with E-state index in [0.29, 0.717) is 6.42 Å². The van der Waals surface area contributed by atoms with Crippen LogP contribution in [0.2, 0.25) is 0 Å². The van der Waals surface area contributed by atoms with Gasteiger partial charge in [-0.3, -0.25) is 19.2 Å². The maximum Gasteiger partial charge on any atom is 0.327 e. The molecule has 38 heavy (non-hydrogen) atoms. The SMILES string of the molecule is CCC(C)C(NC(=O)C(Cc1c[nH]c2ccccc12)NC(=O)C(N)CCC(=O)O)C(=O)NC(CS)C(=O)O. The first-order valence-electron chi connectivity index (χ1n) is 12.3. The Morgan fingerprint density at radius 2 is 1.66 bits per heavy atom. The van der Waals surface area contributed by atoms with E-state index in [0.717, 1.165) is 16.5 Å². The van der Waals surface area contributed by atoms with Crippen LogP contribution >= 0.6 is 12.6 Å². The summed E-state index contributed by atoms with van der Waals surface area (Å²) in [4.78, 5) is 64.5. The van der Waals surface area contributed by atoms with Crippen LogP contribution in [0.1, 0.15) is 38.7 Å². The van der Waals surface area contributed by atoms with Gasteiger partial charge in [-0.05, 0) is 24.0 Å². The Morgan fingerprint density at radius 1 is 1.00 bits per heavy atom. The van der Waals surface area contributed by atoms with Crippen LogP contribution in [0.25, 0.3) is 10.9 Å². The molecule has 3 amide bonds. The van der Waals surface area contributed by atoms with E-state index >= 15 is 0 Å². The third-order valence-electron chi connectivity index (χ3n) is 6.33. The molecule has 1 heterocycles. The molecular formula is C25H35N5O7S. The molecule has 0 saturated heterocycles. The van der Waals surface area contributed by atoms with Crippen LogP contribution in [-0.4, -0.2) is 74.8 Å². The van der Waals surface area contributed by atoms with Gasteiger partial charge < -0.3 is 36.9 Å². The molecule has 208 valence electrons. The molecule has 0 radical (unpaired) electrons. The van der Waals surface area contributed by atoms with E-state index in [1.54, 1.807) is 13.1 Å². The van der Waals surface area contributed by atoms with E-state index in [9.17, 15) is 29.1 Å². The third-order valence-corrected chi connectivity index (χ3v) is 6.69. The molecule has 2 aromatic rings. The number of rotatable bonds is 15. The predicted octanol–water partition coefficient (Wildman–Crippen LogP) is 0.417. The normalized spacial score (nSPS) is 15.1. The molecule has 0 bridgehead atoms. The Bertz CT molecular complexity index is 1150. The molecule has 0 spiro atoms. The van der Waals surface area contributed by atoms with E-state index < -0.39 is 53.8 Å². The highest BCUT2D eigenvalue weighted by Gasteiger charge is 2.33. The molecule has 5 unspecified atom stereocenters. The van der Waals surface area contributed by atoms with Crippen LogP contribution in [0.4, 0.5) is 0 Å². The number of hydrogen-bond donors (Lipinski definition) is 8. The number of hydrogen-bond acceptors (Lipinski definition) is 7. The van der Waals surface area contributed by atoms with Crippen LogP contribution in [0.15, 0.2) is 30.5 Å². The van der Waals surface area contributed by atoms with Gasteiger partial charge in [0.25, 0.3) is 0 Å². The molecule has 1 aromatic carbocycles. The molecule has 0 aliphatic carbocycles. The number of amides is 3. The lowest BCUT2D eigenvalue weighted by molar-refractivity contribution is -0.142. The van der Waals surface area contributed by atoms with E-state index in [-0.39, 0.29) is 30.9 Å². The first-order chi connectivity index (χ1) is 18.0. The van der Waals surface area contributed by atoms with Gasteiger partial charge in [0.05, 0.1) is 6.04 Å². The summed E-state index contributed by atoms with van der Waals surface area (Å²) in [6, 6.07) is 2.74. The molecule has 0 aliphatic heterocycles. The summed E-state index contributed by atoms with van der Waals surface area (Å²) in [6.07, 6.45) is 1.82. The van der Waals surface area contributed by atoms with E-state index in [4.69, 9.17) is 10.8 Å². The number of benzene rings is 1. The number of H-pyrrole nitrogens is 1. The summed E-state index contributed by atoms with van der Waals surface area (Å²) in [5.74, 6) is -4.95. The van der Waals surface area contributed by atoms with Crippen molar-refractivity contribution < 1.29 is 34.2 Å². The smallest absolute Gasteiger partial charge is 0.327 e. The van der Waals surface area contributed by atoms with Gasteiger partial charge in [0, 0.05) is 35.7 Å². The summed E-state index contributed by atoms with van der Waals surface area (Å²) >= 11 is 3.96. The quantitative estimate of drug-likeness (QED) is 0.146. The van der Waals surface area contributed by atoms with Gasteiger partial charge in [-0.1, -0.05) is 38.5 Å². The molecule has 13 heteroatoms. The third kappa shape index (κ3) is 8.48. The van der Waals surface area contributed by atoms with Gasteiger partial charge >= 0.3 is 11.9 Å². The zero-order valence-corrected chi connectivity index (χ0v) is 22.2. The average molecular weight is 550 g/mol. The summed E-state index contributed by atoms with van der Waals surface area (Å²) < 4.78 is 0. The molecule has 0 aliphatic rings. The van der Waals surface area contributed by atoms with Crippen molar-refractivity contribution in [2.75, 3.05) is 5.75 Å². The largest absolute Gasteiger partial charge is 0.481 e. The Morgan fingerprint density at radius 3 is 2.26 bits per heavy atom. The fourth-order valence-corrected chi connectivity index (χ4v) is 4.07. The number of aromatic amines is 1. The standard InChI is InChI=1S/C25H35N5O7S/c1-3-13(2)21(24(35)29-19(12-38)25(36)37)30-23(34)18(28-22(33)16(26)8-9-20(31)32)10-14-11-27-17-7-5-4-6-15(14)17/h4-7,11,13,16,18-19,21,27,38H,3,8-10,12,26H2,1-2H3,(H,28,33)(H,29,35)(H,30,34)(H,31,32)(H,36,37). The number of nitrogens with one attached hydrogen (secondary N) is 4. The second-order valence-electron chi connectivity index (χ2n) is 9.12. The minimum atomic E-state index is -1.26. The summed E-state index contributed by atoms with van der Waals surface area (Å²) in [5, 5.41) is 26.6. The van der Waals surface area contributed by atoms with Crippen molar-refractivity contribution in [3.63, 3.8) is 0 Å². The predicted molar refractivity (Wildman–Crippen MR) is 144 cm³/mol. The van der Waals surface area contributed by atoms with E-state index in [1.807, 2.05) is 31.2 Å². The lowest BCUT2D eigenvalue weighted by atomic mass is 9.96. The summed E-state index contributed by atoms with van der Waals surface area (Å²) in [7, 11) is 0. The Balaban J connectivity index is 2.30. The Labute approximate surface area is 225 Å². The van der Waals surface area contributed by atoms with Crippen molar-refractivity contribution in [3.8, 4) is 0 Å². The topological polar surface area (TPSA) is 204 Å². The molecule has 1 aromatic heterocycles. The number of aromatic nitrogens is 1. The fourth-order valence-electron chi connectivity index (χ4n) is 3.82. The van der Waals surface area contributed by atoms with E-state index in [2.05, 4.69) is 33.6 Å². The van der Waals surface area contributed by atoms with Crippen LogP contribution < -0.4 is 21.7 Å². The highest BCUT2D eigenvalue weighted by Crippen LogP contribution is 2.20. The minimum Gasteiger partial charge on any atom is -0.481 e. The van der Waals surface area contributed by atoms with Gasteiger partial charge in [-0.25, -0.2) is 4.79 Å². The second kappa shape index (κ2) is 14.4. The zero-order valence-electron chi connectivity index (χ0n) is 21.3. The molecular weight excluding hydrogens is 514 g/mol. The number of carboxylic acids is 2. The van der Waals surface area contributed by atoms with Crippen molar-refractivity contribution in [1.82, 2.24) is 20.9 Å². The number of thiol groups is 1. The molecule has 12 nitrogen and oxygen atoms in total. The summed E-state index contributed by atoms with van der Waals surface area (Å²) in [6.45, 7) is 3.55. The lowest BCUT2D eigenvalue weighted by Gasteiger charge is -2.28. The summed E-state index contributed by atoms with van der Waals surface area (Å²) in [5.41, 5.74) is 7.41. The first-order valence-corrected chi connectivity index (χ1v) is 12.9. The number of carboxylic acid groups (broad SMARTS) is 2. The number of carbonyl (C=O) groups is 5. The van der Waals surface area contributed by atoms with Crippen molar-refractivity contribution in [2.24, 2.45) is 11.7 Å². The first kappa shape index (κ1) is 30.6. The van der Waals surface area contributed by atoms with Gasteiger partial charge in [0.1, 0.15) is 18.1 Å². The maximum atomic E-state index is 13.5. The van der Waals surface area contributed by atoms with Gasteiger partial charge in [-0.2, -0.15) is 12.6 Å². The lowest BCUT2D eigenvalue weighted by Crippen LogP contribution is -2.59. The van der Waals surface area contributed by atoms with Gasteiger partial charge in [0.15, 0.2) is 0 Å². The van der Waals surface area contributed by atoms with Crippen molar-refractivity contribution in [1.29, 1.82) is 0 Å². The minimum absolute atomic E-state index is 0.0521. The van der Waals surface area contributed by atoms with Gasteiger partial charge in [0.2, 0.25) is 17.7 Å². The van der Waals surface area contributed by atoms with Crippen LogP contribution in [-0.2, 0) is 30.4 Å². The fraction of sp³-hybridized carbons (Fsp3) is 0.480. The number of para-hydroxylation sites is 1. The Kier molecular flexibility index (Phi) is 11.6. The van der Waals surface area contributed by atoms with Crippen molar-refractivity contribution >= 4 is 53.2 Å². The van der Waals surface area contributed by atoms with Crippen molar-refractivity contribution in [2.45, 2.75) is 63.7 Å². The average Bonchev–Trinajstić information content (AvgIpc) is 3.30. The monoisotopic (exact) mass is 549 g/mol. The van der Waals surface area contributed by atoms with Crippen LogP contribution in [0.3, 0.4) is 0 Å². The van der Waals surface area contributed by atoms with Crippen LogP contribution in [0.5, 0.6) is 0 Å². The molecule has 0 saturated carbocycles.